The van der Waals surface area contributed by atoms with Crippen LogP contribution in [0.1, 0.15) is 20.3 Å². The van der Waals surface area contributed by atoms with Gasteiger partial charge in [0.1, 0.15) is 10.6 Å². The molecule has 180 valence electrons. The number of benzene rings is 2. The Kier molecular flexibility index (Phi) is 8.11. The molecule has 0 bridgehead atoms. The highest BCUT2D eigenvalue weighted by atomic mass is 32.2. The summed E-state index contributed by atoms with van der Waals surface area (Å²) in [7, 11) is -2.69. The second kappa shape index (κ2) is 10.8. The highest BCUT2D eigenvalue weighted by molar-refractivity contribution is 7.93. The monoisotopic (exact) mass is 478 g/mol. The molecule has 2 N–H and O–H groups in total. The van der Waals surface area contributed by atoms with Crippen molar-refractivity contribution in [2.24, 2.45) is 0 Å². The molecule has 0 amide bonds. The molecule has 0 spiro atoms. The molecule has 0 aromatic heterocycles. The Morgan fingerprint density at radius 3 is 2.52 bits per heavy atom. The van der Waals surface area contributed by atoms with Crippen molar-refractivity contribution in [3.05, 3.63) is 52.6 Å². The normalized spacial score (nSPS) is 19.1. The minimum atomic E-state index is -4.13. The van der Waals surface area contributed by atoms with Gasteiger partial charge in [0.2, 0.25) is 0 Å². The van der Waals surface area contributed by atoms with Crippen LogP contribution in [-0.4, -0.2) is 63.7 Å². The lowest BCUT2D eigenvalue weighted by atomic mass is 10.2. The Morgan fingerprint density at radius 1 is 1.15 bits per heavy atom. The first-order chi connectivity index (χ1) is 15.7. The average molecular weight is 479 g/mol. The molecule has 2 aromatic carbocycles. The number of non-ortho nitro benzene ring substituents is 1. The van der Waals surface area contributed by atoms with Gasteiger partial charge in [0.25, 0.3) is 15.7 Å². The van der Waals surface area contributed by atoms with Gasteiger partial charge in [-0.1, -0.05) is 12.1 Å². The van der Waals surface area contributed by atoms with Crippen molar-refractivity contribution in [1.82, 2.24) is 4.90 Å². The van der Waals surface area contributed by atoms with Gasteiger partial charge >= 0.3 is 0 Å². The number of nitrogens with one attached hydrogen (secondary N) is 2. The minimum absolute atomic E-state index is 0.175. The SMILES string of the molecule is COc1ccccc1NS(=O)(=O)c1cc([N+](=O)[O-])ccc1NCCCN1CC(C)OC(C)C1. The van der Waals surface area contributed by atoms with Crippen LogP contribution in [0.5, 0.6) is 5.75 Å². The summed E-state index contributed by atoms with van der Waals surface area (Å²) in [5.41, 5.74) is 0.233. The van der Waals surface area contributed by atoms with E-state index in [0.717, 1.165) is 32.1 Å². The van der Waals surface area contributed by atoms with E-state index in [1.165, 1.54) is 19.2 Å². The molecule has 1 fully saturated rings. The number of ether oxygens (including phenoxy) is 2. The van der Waals surface area contributed by atoms with Crippen LogP contribution in [0, 0.1) is 10.1 Å². The van der Waals surface area contributed by atoms with Gasteiger partial charge in [-0.2, -0.15) is 0 Å². The van der Waals surface area contributed by atoms with E-state index in [2.05, 4.69) is 14.9 Å². The van der Waals surface area contributed by atoms with Gasteiger partial charge in [0.15, 0.2) is 0 Å². The lowest BCUT2D eigenvalue weighted by Crippen LogP contribution is -2.45. The smallest absolute Gasteiger partial charge is 0.270 e. The molecule has 3 rings (SSSR count). The van der Waals surface area contributed by atoms with E-state index < -0.39 is 14.9 Å². The van der Waals surface area contributed by atoms with Gasteiger partial charge < -0.3 is 14.8 Å². The quantitative estimate of drug-likeness (QED) is 0.303. The van der Waals surface area contributed by atoms with Crippen LogP contribution in [0.2, 0.25) is 0 Å². The fourth-order valence-electron chi connectivity index (χ4n) is 3.91. The third-order valence-corrected chi connectivity index (χ3v) is 6.68. The zero-order chi connectivity index (χ0) is 24.0. The fraction of sp³-hybridized carbons (Fsp3) is 0.455. The van der Waals surface area contributed by atoms with Crippen LogP contribution < -0.4 is 14.8 Å². The summed E-state index contributed by atoms with van der Waals surface area (Å²) in [5.74, 6) is 0.343. The summed E-state index contributed by atoms with van der Waals surface area (Å²) in [5, 5.41) is 14.4. The number of nitro benzene ring substituents is 1. The van der Waals surface area contributed by atoms with Crippen molar-refractivity contribution >= 4 is 27.1 Å². The van der Waals surface area contributed by atoms with Crippen LogP contribution in [0.25, 0.3) is 0 Å². The molecule has 10 nitrogen and oxygen atoms in total. The third kappa shape index (κ3) is 6.56. The predicted octanol–water partition coefficient (Wildman–Crippen LogP) is 3.32. The Bertz CT molecular complexity index is 1070. The molecule has 2 aromatic rings. The highest BCUT2D eigenvalue weighted by Crippen LogP contribution is 2.31. The third-order valence-electron chi connectivity index (χ3n) is 5.28. The summed E-state index contributed by atoms with van der Waals surface area (Å²) < 4.78 is 39.8. The van der Waals surface area contributed by atoms with Crippen molar-refractivity contribution < 1.29 is 22.8 Å². The zero-order valence-electron chi connectivity index (χ0n) is 19.0. The number of rotatable bonds is 10. The van der Waals surface area contributed by atoms with Crippen LogP contribution in [0.3, 0.4) is 0 Å². The van der Waals surface area contributed by atoms with E-state index in [0.29, 0.717) is 18.0 Å². The Hall–Kier alpha value is -2.89. The second-order valence-corrected chi connectivity index (χ2v) is 9.69. The molecule has 2 unspecified atom stereocenters. The molecule has 2 atom stereocenters. The highest BCUT2D eigenvalue weighted by Gasteiger charge is 2.24. The van der Waals surface area contributed by atoms with Crippen LogP contribution in [-0.2, 0) is 14.8 Å². The van der Waals surface area contributed by atoms with Gasteiger partial charge in [-0.3, -0.25) is 19.7 Å². The summed E-state index contributed by atoms with van der Waals surface area (Å²) in [4.78, 5) is 12.8. The first kappa shape index (κ1) is 24.7. The number of para-hydroxylation sites is 2. The maximum absolute atomic E-state index is 13.2. The van der Waals surface area contributed by atoms with Crippen molar-refractivity contribution in [2.45, 2.75) is 37.4 Å². The summed E-state index contributed by atoms with van der Waals surface area (Å²) in [6.07, 6.45) is 1.12. The van der Waals surface area contributed by atoms with E-state index >= 15 is 0 Å². The van der Waals surface area contributed by atoms with E-state index in [1.54, 1.807) is 24.3 Å². The lowest BCUT2D eigenvalue weighted by Gasteiger charge is -2.35. The van der Waals surface area contributed by atoms with E-state index in [1.807, 2.05) is 13.8 Å². The summed E-state index contributed by atoms with van der Waals surface area (Å²) >= 11 is 0. The van der Waals surface area contributed by atoms with E-state index in [4.69, 9.17) is 9.47 Å². The molecule has 0 aliphatic carbocycles. The molecule has 11 heteroatoms. The first-order valence-corrected chi connectivity index (χ1v) is 12.2. The molecule has 1 aliphatic rings. The first-order valence-electron chi connectivity index (χ1n) is 10.8. The van der Waals surface area contributed by atoms with E-state index in [-0.39, 0.29) is 28.5 Å². The number of morpholine rings is 1. The number of nitro groups is 1. The maximum atomic E-state index is 13.2. The van der Waals surface area contributed by atoms with Crippen molar-refractivity contribution in [3.8, 4) is 5.75 Å². The zero-order valence-corrected chi connectivity index (χ0v) is 19.8. The molecule has 1 heterocycles. The Labute approximate surface area is 194 Å². The minimum Gasteiger partial charge on any atom is -0.495 e. The Morgan fingerprint density at radius 2 is 1.85 bits per heavy atom. The molecule has 33 heavy (non-hydrogen) atoms. The lowest BCUT2D eigenvalue weighted by molar-refractivity contribution is -0.385. The molecular formula is C22H30N4O6S. The number of hydrogen-bond donors (Lipinski definition) is 2. The second-order valence-electron chi connectivity index (χ2n) is 8.04. The van der Waals surface area contributed by atoms with Crippen molar-refractivity contribution in [2.75, 3.05) is 43.3 Å². The van der Waals surface area contributed by atoms with Crippen molar-refractivity contribution in [1.29, 1.82) is 0 Å². The van der Waals surface area contributed by atoms with Crippen LogP contribution in [0.4, 0.5) is 17.1 Å². The number of sulfonamides is 1. The largest absolute Gasteiger partial charge is 0.495 e. The van der Waals surface area contributed by atoms with Gasteiger partial charge in [-0.15, -0.1) is 0 Å². The number of nitrogens with zero attached hydrogens (tertiary/aromatic N) is 2. The maximum Gasteiger partial charge on any atom is 0.270 e. The topological polar surface area (TPSA) is 123 Å². The van der Waals surface area contributed by atoms with Gasteiger partial charge in [-0.05, 0) is 38.5 Å². The summed E-state index contributed by atoms with van der Waals surface area (Å²) in [6.45, 7) is 7.14. The number of anilines is 2. The van der Waals surface area contributed by atoms with E-state index in [9.17, 15) is 18.5 Å². The Balaban J connectivity index is 1.75. The molecular weight excluding hydrogens is 448 g/mol. The van der Waals surface area contributed by atoms with Crippen molar-refractivity contribution in [3.63, 3.8) is 0 Å². The number of methoxy groups -OCH3 is 1. The predicted molar refractivity (Wildman–Crippen MR) is 126 cm³/mol. The van der Waals surface area contributed by atoms with Crippen LogP contribution >= 0.6 is 0 Å². The molecule has 0 radical (unpaired) electrons. The molecule has 1 aliphatic heterocycles. The number of hydrogen-bond acceptors (Lipinski definition) is 8. The van der Waals surface area contributed by atoms with Crippen LogP contribution in [0.15, 0.2) is 47.4 Å². The molecule has 0 saturated carbocycles. The fourth-order valence-corrected chi connectivity index (χ4v) is 5.19. The summed E-state index contributed by atoms with van der Waals surface area (Å²) in [6, 6.07) is 10.3. The van der Waals surface area contributed by atoms with Gasteiger partial charge in [0, 0.05) is 38.3 Å². The molecule has 1 saturated heterocycles. The van der Waals surface area contributed by atoms with Gasteiger partial charge in [0.05, 0.1) is 35.6 Å². The average Bonchev–Trinajstić information content (AvgIpc) is 2.76. The standard InChI is InChI=1S/C22H30N4O6S/c1-16-14-25(15-17(2)32-16)12-6-11-23-20-10-9-18(26(27)28)13-22(20)33(29,30)24-19-7-4-5-8-21(19)31-3/h4-5,7-10,13,16-17,23-24H,6,11-12,14-15H2,1-3H3. The van der Waals surface area contributed by atoms with Gasteiger partial charge in [-0.25, -0.2) is 8.42 Å².